The smallest absolute Gasteiger partial charge is 0.335 e. The molecule has 1 atom stereocenters. The molecule has 7 heteroatoms. The maximum absolute atomic E-state index is 10.8. The number of nitro groups is 1. The van der Waals surface area contributed by atoms with Crippen molar-refractivity contribution in [2.75, 3.05) is 11.9 Å². The Hall–Kier alpha value is -2.15. The molecule has 0 unspecified atom stereocenters. The summed E-state index contributed by atoms with van der Waals surface area (Å²) in [6, 6.07) is 3.65. The van der Waals surface area contributed by atoms with Crippen LogP contribution in [0.15, 0.2) is 18.2 Å². The number of hydrogen-bond donors (Lipinski definition) is 3. The van der Waals surface area contributed by atoms with Crippen LogP contribution in [-0.4, -0.2) is 33.8 Å². The van der Waals surface area contributed by atoms with Crippen LogP contribution in [-0.2, 0) is 0 Å². The molecular formula is C11H14N2O5. The van der Waals surface area contributed by atoms with Crippen LogP contribution in [0, 0.1) is 10.1 Å². The standard InChI is InChI=1S/C11H14N2O5/c1-7(14)4-5-12-9-3-2-8(11(15)16)6-10(9)13(17)18/h2-3,6-7,12,14H,4-5H2,1H3,(H,15,16)/t7-/m0/s1. The third kappa shape index (κ3) is 3.70. The minimum atomic E-state index is -1.21. The summed E-state index contributed by atoms with van der Waals surface area (Å²) in [6.45, 7) is 1.98. The highest BCUT2D eigenvalue weighted by Gasteiger charge is 2.16. The molecule has 1 aromatic carbocycles. The fourth-order valence-electron chi connectivity index (χ4n) is 1.38. The number of nitrogens with one attached hydrogen (secondary N) is 1. The molecule has 0 aromatic heterocycles. The van der Waals surface area contributed by atoms with E-state index in [1.54, 1.807) is 6.92 Å². The van der Waals surface area contributed by atoms with Crippen LogP contribution in [0.3, 0.4) is 0 Å². The Morgan fingerprint density at radius 3 is 2.72 bits per heavy atom. The van der Waals surface area contributed by atoms with Gasteiger partial charge in [0.2, 0.25) is 0 Å². The van der Waals surface area contributed by atoms with Gasteiger partial charge in [-0.3, -0.25) is 10.1 Å². The molecule has 0 saturated carbocycles. The van der Waals surface area contributed by atoms with Gasteiger partial charge < -0.3 is 15.5 Å². The van der Waals surface area contributed by atoms with E-state index in [9.17, 15) is 14.9 Å². The van der Waals surface area contributed by atoms with Crippen molar-refractivity contribution < 1.29 is 19.9 Å². The second-order valence-electron chi connectivity index (χ2n) is 3.86. The number of aliphatic hydroxyl groups excluding tert-OH is 1. The number of aliphatic hydroxyl groups is 1. The summed E-state index contributed by atoms with van der Waals surface area (Å²) in [4.78, 5) is 20.9. The Morgan fingerprint density at radius 1 is 1.56 bits per heavy atom. The van der Waals surface area contributed by atoms with Gasteiger partial charge in [0, 0.05) is 12.6 Å². The largest absolute Gasteiger partial charge is 0.478 e. The first-order chi connectivity index (χ1) is 8.41. The van der Waals surface area contributed by atoms with Crippen LogP contribution in [0.4, 0.5) is 11.4 Å². The molecular weight excluding hydrogens is 240 g/mol. The van der Waals surface area contributed by atoms with E-state index in [0.717, 1.165) is 6.07 Å². The second-order valence-corrected chi connectivity index (χ2v) is 3.86. The molecule has 0 heterocycles. The molecule has 0 saturated heterocycles. The highest BCUT2D eigenvalue weighted by atomic mass is 16.6. The number of nitrogens with zero attached hydrogens (tertiary/aromatic N) is 1. The number of benzene rings is 1. The predicted molar refractivity (Wildman–Crippen MR) is 64.8 cm³/mol. The van der Waals surface area contributed by atoms with Crippen LogP contribution in [0.1, 0.15) is 23.7 Å². The average Bonchev–Trinajstić information content (AvgIpc) is 2.28. The molecule has 0 amide bonds. The van der Waals surface area contributed by atoms with E-state index >= 15 is 0 Å². The lowest BCUT2D eigenvalue weighted by Gasteiger charge is -2.08. The molecule has 0 fully saturated rings. The lowest BCUT2D eigenvalue weighted by atomic mass is 10.1. The van der Waals surface area contributed by atoms with E-state index in [1.807, 2.05) is 0 Å². The summed E-state index contributed by atoms with van der Waals surface area (Å²) in [6.07, 6.45) is -0.0625. The zero-order valence-electron chi connectivity index (χ0n) is 9.79. The van der Waals surface area contributed by atoms with Gasteiger partial charge in [-0.05, 0) is 25.5 Å². The lowest BCUT2D eigenvalue weighted by molar-refractivity contribution is -0.384. The summed E-state index contributed by atoms with van der Waals surface area (Å²) in [5, 5.41) is 31.4. The number of anilines is 1. The number of hydrogen-bond acceptors (Lipinski definition) is 5. The van der Waals surface area contributed by atoms with Crippen molar-refractivity contribution in [3.05, 3.63) is 33.9 Å². The van der Waals surface area contributed by atoms with Gasteiger partial charge in [-0.15, -0.1) is 0 Å². The molecule has 1 rings (SSSR count). The van der Waals surface area contributed by atoms with Crippen molar-refractivity contribution in [2.24, 2.45) is 0 Å². The number of carbonyl (C=O) groups is 1. The molecule has 0 spiro atoms. The molecule has 98 valence electrons. The van der Waals surface area contributed by atoms with Crippen molar-refractivity contribution >= 4 is 17.3 Å². The summed E-state index contributed by atoms with van der Waals surface area (Å²) in [5.74, 6) is -1.21. The summed E-state index contributed by atoms with van der Waals surface area (Å²) in [7, 11) is 0. The zero-order chi connectivity index (χ0) is 13.7. The number of rotatable bonds is 6. The first-order valence-corrected chi connectivity index (χ1v) is 5.35. The first kappa shape index (κ1) is 13.9. The minimum Gasteiger partial charge on any atom is -0.478 e. The molecule has 18 heavy (non-hydrogen) atoms. The van der Waals surface area contributed by atoms with Crippen LogP contribution in [0.25, 0.3) is 0 Å². The van der Waals surface area contributed by atoms with Crippen LogP contribution < -0.4 is 5.32 Å². The third-order valence-corrected chi connectivity index (χ3v) is 2.32. The molecule has 0 radical (unpaired) electrons. The summed E-state index contributed by atoms with van der Waals surface area (Å²) < 4.78 is 0. The van der Waals surface area contributed by atoms with Crippen molar-refractivity contribution in [2.45, 2.75) is 19.4 Å². The Kier molecular flexibility index (Phi) is 4.61. The van der Waals surface area contributed by atoms with Crippen LogP contribution in [0.2, 0.25) is 0 Å². The third-order valence-electron chi connectivity index (χ3n) is 2.32. The van der Waals surface area contributed by atoms with E-state index in [4.69, 9.17) is 10.2 Å². The monoisotopic (exact) mass is 254 g/mol. The first-order valence-electron chi connectivity index (χ1n) is 5.35. The molecule has 7 nitrogen and oxygen atoms in total. The predicted octanol–water partition coefficient (Wildman–Crippen LogP) is 1.48. The van der Waals surface area contributed by atoms with Crippen LogP contribution >= 0.6 is 0 Å². The highest BCUT2D eigenvalue weighted by Crippen LogP contribution is 2.25. The molecule has 3 N–H and O–H groups in total. The van der Waals surface area contributed by atoms with Gasteiger partial charge in [-0.2, -0.15) is 0 Å². The van der Waals surface area contributed by atoms with E-state index in [1.165, 1.54) is 12.1 Å². The van der Waals surface area contributed by atoms with Gasteiger partial charge in [0.25, 0.3) is 5.69 Å². The van der Waals surface area contributed by atoms with Crippen molar-refractivity contribution in [3.63, 3.8) is 0 Å². The van der Waals surface area contributed by atoms with Crippen LogP contribution in [0.5, 0.6) is 0 Å². The molecule has 0 bridgehead atoms. The Labute approximate surface area is 103 Å². The SMILES string of the molecule is C[C@H](O)CCNc1ccc(C(=O)O)cc1[N+](=O)[O-]. The fraction of sp³-hybridized carbons (Fsp3) is 0.364. The molecule has 0 aliphatic rings. The van der Waals surface area contributed by atoms with E-state index < -0.39 is 17.0 Å². The van der Waals surface area contributed by atoms with Gasteiger partial charge in [-0.1, -0.05) is 0 Å². The Morgan fingerprint density at radius 2 is 2.22 bits per heavy atom. The number of nitro benzene ring substituents is 1. The number of aromatic carboxylic acids is 1. The Balaban J connectivity index is 2.90. The second kappa shape index (κ2) is 5.97. The lowest BCUT2D eigenvalue weighted by Crippen LogP contribution is -2.11. The van der Waals surface area contributed by atoms with E-state index in [0.29, 0.717) is 13.0 Å². The fourth-order valence-corrected chi connectivity index (χ4v) is 1.38. The number of carboxylic acids is 1. The van der Waals surface area contributed by atoms with Gasteiger partial charge >= 0.3 is 5.97 Å². The quantitative estimate of drug-likeness (QED) is 0.523. The maximum Gasteiger partial charge on any atom is 0.335 e. The topological polar surface area (TPSA) is 113 Å². The Bertz CT molecular complexity index is 459. The van der Waals surface area contributed by atoms with Crippen molar-refractivity contribution in [1.82, 2.24) is 0 Å². The highest BCUT2D eigenvalue weighted by molar-refractivity contribution is 5.89. The van der Waals surface area contributed by atoms with E-state index in [-0.39, 0.29) is 16.9 Å². The van der Waals surface area contributed by atoms with Gasteiger partial charge in [0.1, 0.15) is 5.69 Å². The molecule has 0 aliphatic heterocycles. The van der Waals surface area contributed by atoms with E-state index in [2.05, 4.69) is 5.32 Å². The normalized spacial score (nSPS) is 11.9. The summed E-state index contributed by atoms with van der Waals surface area (Å²) in [5.41, 5.74) is -0.186. The average molecular weight is 254 g/mol. The van der Waals surface area contributed by atoms with Crippen molar-refractivity contribution in [1.29, 1.82) is 0 Å². The summed E-state index contributed by atoms with van der Waals surface area (Å²) >= 11 is 0. The van der Waals surface area contributed by atoms with Gasteiger partial charge in [0.15, 0.2) is 0 Å². The maximum atomic E-state index is 10.8. The molecule has 1 aromatic rings. The van der Waals surface area contributed by atoms with Gasteiger partial charge in [-0.25, -0.2) is 4.79 Å². The van der Waals surface area contributed by atoms with Gasteiger partial charge in [0.05, 0.1) is 16.6 Å². The minimum absolute atomic E-state index is 0.136. The van der Waals surface area contributed by atoms with Crippen molar-refractivity contribution in [3.8, 4) is 0 Å². The molecule has 0 aliphatic carbocycles. The zero-order valence-corrected chi connectivity index (χ0v) is 9.79. The number of carboxylic acid groups (broad SMARTS) is 1.